The van der Waals surface area contributed by atoms with Gasteiger partial charge < -0.3 is 5.73 Å². The molecule has 0 bridgehead atoms. The fourth-order valence-corrected chi connectivity index (χ4v) is 1.71. The summed E-state index contributed by atoms with van der Waals surface area (Å²) in [5.41, 5.74) is 6.58. The molecule has 0 aromatic heterocycles. The van der Waals surface area contributed by atoms with Crippen LogP contribution in [0.2, 0.25) is 0 Å². The first-order valence-corrected chi connectivity index (χ1v) is 5.43. The van der Waals surface area contributed by atoms with E-state index in [-0.39, 0.29) is 24.2 Å². The Morgan fingerprint density at radius 1 is 1.18 bits per heavy atom. The molecule has 2 aromatic rings. The molecule has 1 unspecified atom stereocenters. The molecule has 0 aliphatic heterocycles. The fourth-order valence-electron chi connectivity index (χ4n) is 1.71. The van der Waals surface area contributed by atoms with E-state index >= 15 is 0 Å². The third kappa shape index (κ3) is 3.29. The summed E-state index contributed by atoms with van der Waals surface area (Å²) >= 11 is 0. The molecule has 0 saturated heterocycles. The molecule has 3 heteroatoms. The maximum absolute atomic E-state index is 11.5. The molecule has 0 aliphatic carbocycles. The van der Waals surface area contributed by atoms with E-state index in [4.69, 9.17) is 5.73 Å². The van der Waals surface area contributed by atoms with Crippen LogP contribution in [0, 0.1) is 0 Å². The second-order valence-corrected chi connectivity index (χ2v) is 4.11. The van der Waals surface area contributed by atoms with Gasteiger partial charge in [-0.05, 0) is 23.3 Å². The van der Waals surface area contributed by atoms with Crippen molar-refractivity contribution in [1.82, 2.24) is 0 Å². The van der Waals surface area contributed by atoms with E-state index in [0.29, 0.717) is 6.42 Å². The molecule has 2 rings (SSSR count). The van der Waals surface area contributed by atoms with Crippen LogP contribution in [0.1, 0.15) is 12.5 Å². The Kier molecular flexibility index (Phi) is 4.67. The van der Waals surface area contributed by atoms with Crippen LogP contribution in [0.15, 0.2) is 42.5 Å². The average molecular weight is 250 g/mol. The molecule has 0 spiro atoms. The van der Waals surface area contributed by atoms with Gasteiger partial charge in [0.25, 0.3) is 0 Å². The first-order valence-electron chi connectivity index (χ1n) is 5.43. The molecule has 2 aromatic carbocycles. The molecule has 0 heterocycles. The van der Waals surface area contributed by atoms with E-state index in [1.165, 1.54) is 5.39 Å². The van der Waals surface area contributed by atoms with Gasteiger partial charge in [-0.15, -0.1) is 12.4 Å². The van der Waals surface area contributed by atoms with Crippen molar-refractivity contribution in [3.05, 3.63) is 48.0 Å². The number of Topliss-reactive ketones (excluding diaryl/α,β-unsaturated/α-hetero) is 1. The van der Waals surface area contributed by atoms with Crippen LogP contribution in [0.25, 0.3) is 10.8 Å². The van der Waals surface area contributed by atoms with Crippen molar-refractivity contribution < 1.29 is 4.79 Å². The molecule has 1 atom stereocenters. The minimum absolute atomic E-state index is 0. The largest absolute Gasteiger partial charge is 0.322 e. The van der Waals surface area contributed by atoms with Crippen molar-refractivity contribution in [3.63, 3.8) is 0 Å². The zero-order valence-electron chi connectivity index (χ0n) is 9.72. The van der Waals surface area contributed by atoms with Gasteiger partial charge in [-0.1, -0.05) is 42.5 Å². The maximum Gasteiger partial charge on any atom is 0.153 e. The molecule has 90 valence electrons. The van der Waals surface area contributed by atoms with E-state index in [1.54, 1.807) is 6.92 Å². The lowest BCUT2D eigenvalue weighted by atomic mass is 10.0. The highest BCUT2D eigenvalue weighted by Crippen LogP contribution is 2.16. The summed E-state index contributed by atoms with van der Waals surface area (Å²) in [6.07, 6.45) is 0.419. The van der Waals surface area contributed by atoms with E-state index < -0.39 is 0 Å². The van der Waals surface area contributed by atoms with E-state index in [9.17, 15) is 4.79 Å². The zero-order chi connectivity index (χ0) is 11.5. The summed E-state index contributed by atoms with van der Waals surface area (Å²) in [6, 6.07) is 13.8. The summed E-state index contributed by atoms with van der Waals surface area (Å²) in [7, 11) is 0. The number of fused-ring (bicyclic) bond motifs is 1. The van der Waals surface area contributed by atoms with E-state index in [0.717, 1.165) is 10.9 Å². The Balaban J connectivity index is 0.00000144. The first-order chi connectivity index (χ1) is 7.66. The molecule has 0 saturated carbocycles. The van der Waals surface area contributed by atoms with Gasteiger partial charge in [-0.3, -0.25) is 4.79 Å². The average Bonchev–Trinajstić information content (AvgIpc) is 2.28. The van der Waals surface area contributed by atoms with Crippen LogP contribution in [0.5, 0.6) is 0 Å². The molecule has 17 heavy (non-hydrogen) atoms. The number of benzene rings is 2. The molecular formula is C14H16ClNO. The molecular weight excluding hydrogens is 234 g/mol. The van der Waals surface area contributed by atoms with Crippen LogP contribution >= 0.6 is 12.4 Å². The van der Waals surface area contributed by atoms with Crippen LogP contribution in [0.3, 0.4) is 0 Å². The lowest BCUT2D eigenvalue weighted by Crippen LogP contribution is -2.28. The van der Waals surface area contributed by atoms with Crippen molar-refractivity contribution in [2.75, 3.05) is 0 Å². The Morgan fingerprint density at radius 3 is 2.47 bits per heavy atom. The van der Waals surface area contributed by atoms with Gasteiger partial charge in [0.1, 0.15) is 0 Å². The highest BCUT2D eigenvalue weighted by Gasteiger charge is 2.08. The van der Waals surface area contributed by atoms with Crippen LogP contribution < -0.4 is 5.73 Å². The quantitative estimate of drug-likeness (QED) is 0.909. The number of ketones is 1. The maximum atomic E-state index is 11.5. The molecule has 0 radical (unpaired) electrons. The van der Waals surface area contributed by atoms with Crippen molar-refractivity contribution in [2.24, 2.45) is 5.73 Å². The van der Waals surface area contributed by atoms with Crippen molar-refractivity contribution >= 4 is 29.0 Å². The van der Waals surface area contributed by atoms with Crippen molar-refractivity contribution in [3.8, 4) is 0 Å². The third-order valence-corrected chi connectivity index (χ3v) is 2.70. The Bertz CT molecular complexity index is 522. The topological polar surface area (TPSA) is 43.1 Å². The molecule has 0 fully saturated rings. The Labute approximate surface area is 107 Å². The van der Waals surface area contributed by atoms with Gasteiger partial charge >= 0.3 is 0 Å². The lowest BCUT2D eigenvalue weighted by molar-refractivity contribution is -0.119. The van der Waals surface area contributed by atoms with E-state index in [1.807, 2.05) is 24.3 Å². The van der Waals surface area contributed by atoms with E-state index in [2.05, 4.69) is 18.2 Å². The summed E-state index contributed by atoms with van der Waals surface area (Å²) in [5.74, 6) is 0.0790. The number of hydrogen-bond donors (Lipinski definition) is 1. The van der Waals surface area contributed by atoms with Crippen molar-refractivity contribution in [1.29, 1.82) is 0 Å². The lowest BCUT2D eigenvalue weighted by Gasteiger charge is -2.05. The number of nitrogens with two attached hydrogens (primary N) is 1. The van der Waals surface area contributed by atoms with Gasteiger partial charge in [0.15, 0.2) is 5.78 Å². The molecule has 2 N–H and O–H groups in total. The highest BCUT2D eigenvalue weighted by molar-refractivity contribution is 5.88. The van der Waals surface area contributed by atoms with Crippen LogP contribution in [0.4, 0.5) is 0 Å². The molecule has 0 amide bonds. The van der Waals surface area contributed by atoms with Crippen LogP contribution in [-0.2, 0) is 11.2 Å². The fraction of sp³-hybridized carbons (Fsp3) is 0.214. The number of carbonyl (C=O) groups is 1. The standard InChI is InChI=1S/C14H15NO.ClH/c1-10(15)14(16)9-11-6-7-12-4-2-3-5-13(12)8-11;/h2-8,10H,9,15H2,1H3;1H. The van der Waals surface area contributed by atoms with Gasteiger partial charge in [-0.2, -0.15) is 0 Å². The number of rotatable bonds is 3. The van der Waals surface area contributed by atoms with Crippen molar-refractivity contribution in [2.45, 2.75) is 19.4 Å². The van der Waals surface area contributed by atoms with Crippen LogP contribution in [-0.4, -0.2) is 11.8 Å². The summed E-state index contributed by atoms with van der Waals surface area (Å²) in [5, 5.41) is 2.36. The van der Waals surface area contributed by atoms with Gasteiger partial charge in [0, 0.05) is 6.42 Å². The second-order valence-electron chi connectivity index (χ2n) is 4.11. The zero-order valence-corrected chi connectivity index (χ0v) is 10.5. The predicted octanol–water partition coefficient (Wildman–Crippen LogP) is 2.72. The Hall–Kier alpha value is -1.38. The molecule has 0 aliphatic rings. The normalized spacial score (nSPS) is 11.9. The SMILES string of the molecule is CC(N)C(=O)Cc1ccc2ccccc2c1.Cl. The predicted molar refractivity (Wildman–Crippen MR) is 73.6 cm³/mol. The minimum atomic E-state index is -0.383. The summed E-state index contributed by atoms with van der Waals surface area (Å²) in [4.78, 5) is 11.5. The number of hydrogen-bond acceptors (Lipinski definition) is 2. The summed E-state index contributed by atoms with van der Waals surface area (Å²) < 4.78 is 0. The number of halogens is 1. The monoisotopic (exact) mass is 249 g/mol. The summed E-state index contributed by atoms with van der Waals surface area (Å²) in [6.45, 7) is 1.73. The second kappa shape index (κ2) is 5.80. The third-order valence-electron chi connectivity index (χ3n) is 2.70. The smallest absolute Gasteiger partial charge is 0.153 e. The highest BCUT2D eigenvalue weighted by atomic mass is 35.5. The number of carbonyl (C=O) groups excluding carboxylic acids is 1. The van der Waals surface area contributed by atoms with Gasteiger partial charge in [0.2, 0.25) is 0 Å². The first kappa shape index (κ1) is 13.7. The van der Waals surface area contributed by atoms with Gasteiger partial charge in [-0.25, -0.2) is 0 Å². The van der Waals surface area contributed by atoms with Gasteiger partial charge in [0.05, 0.1) is 6.04 Å². The minimum Gasteiger partial charge on any atom is -0.322 e. The Morgan fingerprint density at radius 2 is 1.82 bits per heavy atom. The molecule has 2 nitrogen and oxygen atoms in total.